The van der Waals surface area contributed by atoms with E-state index >= 15 is 0 Å². The van der Waals surface area contributed by atoms with Gasteiger partial charge < -0.3 is 14.7 Å². The monoisotopic (exact) mass is 217 g/mol. The maximum Gasteiger partial charge on any atom is 0.102 e. The Morgan fingerprint density at radius 2 is 1.40 bits per heavy atom. The molecule has 0 unspecified atom stereocenters. The van der Waals surface area contributed by atoms with Crippen molar-refractivity contribution in [2.45, 2.75) is 39.5 Å². The second-order valence-corrected chi connectivity index (χ2v) is 4.56. The van der Waals surface area contributed by atoms with E-state index in [2.05, 4.69) is 13.8 Å². The van der Waals surface area contributed by atoms with Crippen LogP contribution in [-0.4, -0.2) is 49.4 Å². The summed E-state index contributed by atoms with van der Waals surface area (Å²) in [5.74, 6) is 0. The fraction of sp³-hybridized carbons (Fsp3) is 1.00. The third kappa shape index (κ3) is 4.96. The maximum atomic E-state index is 5.47. The molecule has 0 aromatic rings. The molecule has 0 aromatic carbocycles. The second-order valence-electron chi connectivity index (χ2n) is 4.56. The highest BCUT2D eigenvalue weighted by atomic mass is 16.5. The lowest BCUT2D eigenvalue weighted by molar-refractivity contribution is -0.935. The van der Waals surface area contributed by atoms with E-state index in [9.17, 15) is 0 Å². The summed E-state index contributed by atoms with van der Waals surface area (Å²) in [6, 6.07) is 0. The number of morpholine rings is 1. The molecule has 0 radical (unpaired) electrons. The van der Waals surface area contributed by atoms with Crippen molar-refractivity contribution >= 4 is 0 Å². The van der Waals surface area contributed by atoms with Gasteiger partial charge in [-0.25, -0.2) is 0 Å². The van der Waals surface area contributed by atoms with Crippen LogP contribution in [0.25, 0.3) is 0 Å². The molecule has 1 rings (SSSR count). The molecule has 0 aliphatic carbocycles. The minimum Gasteiger partial charge on any atom is -0.870 e. The fourth-order valence-electron chi connectivity index (χ4n) is 2.28. The highest BCUT2D eigenvalue weighted by Crippen LogP contribution is 2.15. The zero-order valence-electron chi connectivity index (χ0n) is 10.4. The largest absolute Gasteiger partial charge is 0.870 e. The third-order valence-corrected chi connectivity index (χ3v) is 3.39. The van der Waals surface area contributed by atoms with E-state index in [1.54, 1.807) is 0 Å². The predicted molar refractivity (Wildman–Crippen MR) is 62.3 cm³/mol. The van der Waals surface area contributed by atoms with Gasteiger partial charge in [-0.15, -0.1) is 0 Å². The standard InChI is InChI=1S/C12H26NO.H2O/c1-3-5-7-13(8-6-4-2)9-11-14-12-10-13;/h3-12H2,1-2H3;1H2/q+1;/p-1. The quantitative estimate of drug-likeness (QED) is 0.640. The van der Waals surface area contributed by atoms with Crippen LogP contribution in [0.2, 0.25) is 0 Å². The van der Waals surface area contributed by atoms with Crippen LogP contribution >= 0.6 is 0 Å². The average Bonchev–Trinajstić information content (AvgIpc) is 2.25. The smallest absolute Gasteiger partial charge is 0.102 e. The van der Waals surface area contributed by atoms with E-state index < -0.39 is 0 Å². The van der Waals surface area contributed by atoms with Gasteiger partial charge in [-0.05, 0) is 12.8 Å². The van der Waals surface area contributed by atoms with Crippen molar-refractivity contribution in [2.24, 2.45) is 0 Å². The molecule has 1 heterocycles. The van der Waals surface area contributed by atoms with Crippen LogP contribution < -0.4 is 0 Å². The molecule has 1 aliphatic rings. The van der Waals surface area contributed by atoms with Crippen molar-refractivity contribution in [3.8, 4) is 0 Å². The van der Waals surface area contributed by atoms with E-state index in [0.717, 1.165) is 13.2 Å². The minimum atomic E-state index is 0. The molecule has 1 fully saturated rings. The Hall–Kier alpha value is -0.120. The zero-order chi connectivity index (χ0) is 10.3. The molecule has 1 N–H and O–H groups in total. The van der Waals surface area contributed by atoms with Crippen LogP contribution in [0.3, 0.4) is 0 Å². The number of ether oxygens (including phenoxy) is 1. The first-order valence-electron chi connectivity index (χ1n) is 6.26. The molecular weight excluding hydrogens is 190 g/mol. The predicted octanol–water partition coefficient (Wildman–Crippen LogP) is 2.26. The van der Waals surface area contributed by atoms with Crippen LogP contribution in [0.15, 0.2) is 0 Å². The van der Waals surface area contributed by atoms with Crippen molar-refractivity contribution in [2.75, 3.05) is 39.4 Å². The first-order valence-corrected chi connectivity index (χ1v) is 6.26. The molecule has 0 saturated carbocycles. The summed E-state index contributed by atoms with van der Waals surface area (Å²) in [4.78, 5) is 0. The average molecular weight is 217 g/mol. The molecule has 0 amide bonds. The van der Waals surface area contributed by atoms with E-state index in [1.165, 1.54) is 56.3 Å². The first-order chi connectivity index (χ1) is 6.83. The van der Waals surface area contributed by atoms with Crippen LogP contribution in [-0.2, 0) is 4.74 Å². The van der Waals surface area contributed by atoms with Crippen molar-refractivity contribution in [3.05, 3.63) is 0 Å². The van der Waals surface area contributed by atoms with Crippen LogP contribution in [0.4, 0.5) is 0 Å². The molecule has 3 nitrogen and oxygen atoms in total. The lowest BCUT2D eigenvalue weighted by Gasteiger charge is -2.41. The Morgan fingerprint density at radius 3 is 1.80 bits per heavy atom. The topological polar surface area (TPSA) is 39.2 Å². The molecule has 3 heteroatoms. The van der Waals surface area contributed by atoms with Gasteiger partial charge in [0.25, 0.3) is 0 Å². The molecule has 15 heavy (non-hydrogen) atoms. The van der Waals surface area contributed by atoms with E-state index in [4.69, 9.17) is 4.74 Å². The summed E-state index contributed by atoms with van der Waals surface area (Å²) < 4.78 is 6.80. The lowest BCUT2D eigenvalue weighted by Crippen LogP contribution is -2.56. The Kier molecular flexibility index (Phi) is 8.02. The van der Waals surface area contributed by atoms with Gasteiger partial charge >= 0.3 is 0 Å². The van der Waals surface area contributed by atoms with Crippen molar-refractivity contribution in [3.63, 3.8) is 0 Å². The van der Waals surface area contributed by atoms with Crippen LogP contribution in [0.5, 0.6) is 0 Å². The molecule has 92 valence electrons. The zero-order valence-corrected chi connectivity index (χ0v) is 10.4. The van der Waals surface area contributed by atoms with Gasteiger partial charge in [0.2, 0.25) is 0 Å². The van der Waals surface area contributed by atoms with Gasteiger partial charge in [0.1, 0.15) is 13.1 Å². The van der Waals surface area contributed by atoms with Gasteiger partial charge in [0.05, 0.1) is 26.3 Å². The molecule has 1 aliphatic heterocycles. The number of unbranched alkanes of at least 4 members (excludes halogenated alkanes) is 2. The molecule has 0 aromatic heterocycles. The summed E-state index contributed by atoms with van der Waals surface area (Å²) in [5, 5.41) is 0. The second kappa shape index (κ2) is 8.08. The van der Waals surface area contributed by atoms with Crippen molar-refractivity contribution in [1.29, 1.82) is 0 Å². The van der Waals surface area contributed by atoms with Gasteiger partial charge in [0.15, 0.2) is 0 Å². The van der Waals surface area contributed by atoms with Gasteiger partial charge in [-0.3, -0.25) is 0 Å². The summed E-state index contributed by atoms with van der Waals surface area (Å²) in [5.41, 5.74) is 0. The summed E-state index contributed by atoms with van der Waals surface area (Å²) >= 11 is 0. The number of nitrogens with zero attached hydrogens (tertiary/aromatic N) is 1. The number of quaternary nitrogens is 1. The first kappa shape index (κ1) is 14.9. The molecular formula is C12H27NO2. The maximum absolute atomic E-state index is 5.47. The molecule has 1 saturated heterocycles. The minimum absolute atomic E-state index is 0. The van der Waals surface area contributed by atoms with E-state index in [0.29, 0.717) is 0 Å². The highest BCUT2D eigenvalue weighted by molar-refractivity contribution is 4.51. The van der Waals surface area contributed by atoms with E-state index in [-0.39, 0.29) is 5.48 Å². The molecule has 0 atom stereocenters. The Morgan fingerprint density at radius 1 is 0.933 bits per heavy atom. The van der Waals surface area contributed by atoms with Crippen LogP contribution in [0, 0.1) is 0 Å². The number of hydrogen-bond acceptors (Lipinski definition) is 2. The van der Waals surface area contributed by atoms with Crippen molar-refractivity contribution < 1.29 is 14.7 Å². The van der Waals surface area contributed by atoms with Crippen LogP contribution in [0.1, 0.15) is 39.5 Å². The lowest BCUT2D eigenvalue weighted by atomic mass is 10.2. The van der Waals surface area contributed by atoms with Crippen molar-refractivity contribution in [1.82, 2.24) is 0 Å². The molecule has 0 spiro atoms. The molecule has 0 bridgehead atoms. The third-order valence-electron chi connectivity index (χ3n) is 3.39. The SMILES string of the molecule is CCCC[N+]1(CCCC)CCOCC1.[OH-]. The van der Waals surface area contributed by atoms with Gasteiger partial charge in [-0.2, -0.15) is 0 Å². The number of hydrogen-bond donors (Lipinski definition) is 0. The highest BCUT2D eigenvalue weighted by Gasteiger charge is 2.28. The Balaban J connectivity index is 0.00000196. The van der Waals surface area contributed by atoms with Gasteiger partial charge in [0, 0.05) is 0 Å². The van der Waals surface area contributed by atoms with E-state index in [1.807, 2.05) is 0 Å². The summed E-state index contributed by atoms with van der Waals surface area (Å²) in [6.07, 6.45) is 5.41. The number of rotatable bonds is 6. The fourth-order valence-corrected chi connectivity index (χ4v) is 2.28. The summed E-state index contributed by atoms with van der Waals surface area (Å²) in [6.45, 7) is 11.8. The summed E-state index contributed by atoms with van der Waals surface area (Å²) in [7, 11) is 0. The van der Waals surface area contributed by atoms with Gasteiger partial charge in [-0.1, -0.05) is 26.7 Å². The Bertz CT molecular complexity index is 135. The Labute approximate surface area is 94.3 Å². The normalized spacial score (nSPS) is 19.6.